The minimum absolute atomic E-state index is 0.0600. The molecule has 0 unspecified atom stereocenters. The summed E-state index contributed by atoms with van der Waals surface area (Å²) in [5.41, 5.74) is 3.16. The molecular formula is C21H21N3O2. The van der Waals surface area contributed by atoms with Crippen molar-refractivity contribution >= 4 is 23.1 Å². The third kappa shape index (κ3) is 4.83. The highest BCUT2D eigenvalue weighted by molar-refractivity contribution is 5.91. The molecule has 0 bridgehead atoms. The fourth-order valence-electron chi connectivity index (χ4n) is 2.49. The Kier molecular flexibility index (Phi) is 5.83. The van der Waals surface area contributed by atoms with Crippen LogP contribution in [0.2, 0.25) is 0 Å². The number of carbonyl (C=O) groups is 1. The monoisotopic (exact) mass is 347 g/mol. The van der Waals surface area contributed by atoms with Gasteiger partial charge in [0.25, 0.3) is 5.91 Å². The number of amides is 1. The molecule has 0 spiro atoms. The highest BCUT2D eigenvalue weighted by Crippen LogP contribution is 2.21. The molecule has 3 aromatic rings. The molecule has 0 fully saturated rings. The van der Waals surface area contributed by atoms with Crippen LogP contribution in [0, 0.1) is 0 Å². The van der Waals surface area contributed by atoms with Crippen molar-refractivity contribution in [1.29, 1.82) is 0 Å². The minimum Gasteiger partial charge on any atom is -0.484 e. The summed E-state index contributed by atoms with van der Waals surface area (Å²) in [4.78, 5) is 16.2. The first kappa shape index (κ1) is 17.5. The number of pyridine rings is 1. The Balaban J connectivity index is 1.55. The van der Waals surface area contributed by atoms with Gasteiger partial charge < -0.3 is 15.4 Å². The van der Waals surface area contributed by atoms with Gasteiger partial charge in [-0.2, -0.15) is 0 Å². The number of rotatable bonds is 7. The summed E-state index contributed by atoms with van der Waals surface area (Å²) in [7, 11) is 0. The molecule has 5 heteroatoms. The van der Waals surface area contributed by atoms with Gasteiger partial charge in [-0.1, -0.05) is 43.3 Å². The van der Waals surface area contributed by atoms with Gasteiger partial charge in [-0.25, -0.2) is 4.98 Å². The Morgan fingerprint density at radius 3 is 2.50 bits per heavy atom. The van der Waals surface area contributed by atoms with E-state index in [4.69, 9.17) is 4.74 Å². The van der Waals surface area contributed by atoms with E-state index in [1.54, 1.807) is 24.4 Å². The van der Waals surface area contributed by atoms with Crippen LogP contribution in [0.3, 0.4) is 0 Å². The maximum Gasteiger partial charge on any atom is 0.263 e. The van der Waals surface area contributed by atoms with Gasteiger partial charge >= 0.3 is 0 Å². The number of ether oxygens (including phenoxy) is 1. The normalized spacial score (nSPS) is 10.2. The summed E-state index contributed by atoms with van der Waals surface area (Å²) < 4.78 is 5.42. The number of benzene rings is 2. The zero-order valence-corrected chi connectivity index (χ0v) is 14.6. The van der Waals surface area contributed by atoms with Gasteiger partial charge in [0.2, 0.25) is 0 Å². The lowest BCUT2D eigenvalue weighted by atomic mass is 10.1. The van der Waals surface area contributed by atoms with Gasteiger partial charge in [0.05, 0.1) is 11.9 Å². The highest BCUT2D eigenvalue weighted by Gasteiger charge is 2.05. The molecule has 1 heterocycles. The standard InChI is InChI=1S/C21H21N3O2/c1-2-16-8-6-7-11-19(16)23-17-12-13-20(22-14-17)24-21(25)15-26-18-9-4-3-5-10-18/h3-14,23H,2,15H2,1H3,(H,22,24,25). The van der Waals surface area contributed by atoms with E-state index in [1.165, 1.54) is 5.56 Å². The first-order valence-electron chi connectivity index (χ1n) is 8.53. The van der Waals surface area contributed by atoms with Gasteiger partial charge in [0.15, 0.2) is 6.61 Å². The van der Waals surface area contributed by atoms with Crippen molar-refractivity contribution in [2.75, 3.05) is 17.2 Å². The second kappa shape index (κ2) is 8.67. The third-order valence-electron chi connectivity index (χ3n) is 3.82. The molecule has 0 aliphatic rings. The summed E-state index contributed by atoms with van der Waals surface area (Å²) in [6.45, 7) is 2.06. The predicted octanol–water partition coefficient (Wildman–Crippen LogP) is 4.41. The van der Waals surface area contributed by atoms with Gasteiger partial charge in [-0.05, 0) is 42.3 Å². The summed E-state index contributed by atoms with van der Waals surface area (Å²) >= 11 is 0. The molecule has 0 aliphatic heterocycles. The van der Waals surface area contributed by atoms with Gasteiger partial charge in [0, 0.05) is 5.69 Å². The van der Waals surface area contributed by atoms with Crippen LogP contribution in [-0.2, 0) is 11.2 Å². The number of anilines is 3. The molecular weight excluding hydrogens is 326 g/mol. The lowest BCUT2D eigenvalue weighted by Gasteiger charge is -2.11. The molecule has 3 rings (SSSR count). The maximum atomic E-state index is 12.0. The average Bonchev–Trinajstić information content (AvgIpc) is 2.69. The van der Waals surface area contributed by atoms with E-state index >= 15 is 0 Å². The molecule has 132 valence electrons. The zero-order chi connectivity index (χ0) is 18.2. The number of hydrogen-bond acceptors (Lipinski definition) is 4. The number of aryl methyl sites for hydroxylation is 1. The van der Waals surface area contributed by atoms with E-state index in [0.717, 1.165) is 17.8 Å². The number of aromatic nitrogens is 1. The number of nitrogens with zero attached hydrogens (tertiary/aromatic N) is 1. The summed E-state index contributed by atoms with van der Waals surface area (Å²) in [6.07, 6.45) is 2.65. The summed E-state index contributed by atoms with van der Waals surface area (Å²) in [5.74, 6) is 0.893. The smallest absolute Gasteiger partial charge is 0.263 e. The van der Waals surface area contributed by atoms with E-state index in [-0.39, 0.29) is 12.5 Å². The first-order chi connectivity index (χ1) is 12.7. The Labute approximate surface area is 153 Å². The number of carbonyl (C=O) groups excluding carboxylic acids is 1. The van der Waals surface area contributed by atoms with Crippen LogP contribution >= 0.6 is 0 Å². The van der Waals surface area contributed by atoms with Crippen molar-refractivity contribution in [3.63, 3.8) is 0 Å². The number of para-hydroxylation sites is 2. The van der Waals surface area contributed by atoms with Crippen molar-refractivity contribution < 1.29 is 9.53 Å². The second-order valence-corrected chi connectivity index (χ2v) is 5.72. The van der Waals surface area contributed by atoms with E-state index in [2.05, 4.69) is 28.6 Å². The van der Waals surface area contributed by atoms with Crippen molar-refractivity contribution in [3.05, 3.63) is 78.5 Å². The lowest BCUT2D eigenvalue weighted by molar-refractivity contribution is -0.118. The molecule has 2 aromatic carbocycles. The SMILES string of the molecule is CCc1ccccc1Nc1ccc(NC(=O)COc2ccccc2)nc1. The van der Waals surface area contributed by atoms with Crippen LogP contribution in [0.4, 0.5) is 17.2 Å². The van der Waals surface area contributed by atoms with E-state index < -0.39 is 0 Å². The Morgan fingerprint density at radius 1 is 1.00 bits per heavy atom. The van der Waals surface area contributed by atoms with Crippen LogP contribution < -0.4 is 15.4 Å². The van der Waals surface area contributed by atoms with Crippen LogP contribution in [0.15, 0.2) is 72.9 Å². The number of nitrogens with one attached hydrogen (secondary N) is 2. The molecule has 1 amide bonds. The van der Waals surface area contributed by atoms with Crippen LogP contribution in [0.5, 0.6) is 5.75 Å². The predicted molar refractivity (Wildman–Crippen MR) is 104 cm³/mol. The third-order valence-corrected chi connectivity index (χ3v) is 3.82. The highest BCUT2D eigenvalue weighted by atomic mass is 16.5. The van der Waals surface area contributed by atoms with Gasteiger partial charge in [-0.3, -0.25) is 4.79 Å². The lowest BCUT2D eigenvalue weighted by Crippen LogP contribution is -2.20. The summed E-state index contributed by atoms with van der Waals surface area (Å²) in [5, 5.41) is 6.07. The van der Waals surface area contributed by atoms with E-state index in [0.29, 0.717) is 11.6 Å². The fraction of sp³-hybridized carbons (Fsp3) is 0.143. The zero-order valence-electron chi connectivity index (χ0n) is 14.6. The Bertz CT molecular complexity index is 849. The minimum atomic E-state index is -0.251. The van der Waals surface area contributed by atoms with Crippen LogP contribution in [0.1, 0.15) is 12.5 Å². The van der Waals surface area contributed by atoms with Crippen molar-refractivity contribution in [1.82, 2.24) is 4.98 Å². The molecule has 0 atom stereocenters. The Morgan fingerprint density at radius 2 is 1.77 bits per heavy atom. The molecule has 26 heavy (non-hydrogen) atoms. The average molecular weight is 347 g/mol. The van der Waals surface area contributed by atoms with Crippen LogP contribution in [0.25, 0.3) is 0 Å². The van der Waals surface area contributed by atoms with Gasteiger partial charge in [0.1, 0.15) is 11.6 Å². The summed E-state index contributed by atoms with van der Waals surface area (Å²) in [6, 6.07) is 21.0. The second-order valence-electron chi connectivity index (χ2n) is 5.72. The molecule has 0 radical (unpaired) electrons. The molecule has 0 saturated heterocycles. The van der Waals surface area contributed by atoms with Gasteiger partial charge in [-0.15, -0.1) is 0 Å². The van der Waals surface area contributed by atoms with E-state index in [1.807, 2.05) is 42.5 Å². The molecule has 0 aliphatic carbocycles. The molecule has 1 aromatic heterocycles. The maximum absolute atomic E-state index is 12.0. The quantitative estimate of drug-likeness (QED) is 0.665. The number of hydrogen-bond donors (Lipinski definition) is 2. The van der Waals surface area contributed by atoms with Crippen molar-refractivity contribution in [2.24, 2.45) is 0 Å². The molecule has 0 saturated carbocycles. The van der Waals surface area contributed by atoms with Crippen molar-refractivity contribution in [2.45, 2.75) is 13.3 Å². The molecule has 5 nitrogen and oxygen atoms in total. The topological polar surface area (TPSA) is 63.2 Å². The van der Waals surface area contributed by atoms with E-state index in [9.17, 15) is 4.79 Å². The van der Waals surface area contributed by atoms with Crippen LogP contribution in [-0.4, -0.2) is 17.5 Å². The van der Waals surface area contributed by atoms with Crippen molar-refractivity contribution in [3.8, 4) is 5.75 Å². The first-order valence-corrected chi connectivity index (χ1v) is 8.53. The molecule has 2 N–H and O–H groups in total. The Hall–Kier alpha value is -3.34. The fourth-order valence-corrected chi connectivity index (χ4v) is 2.49. The largest absolute Gasteiger partial charge is 0.484 e.